The molecule has 3 aromatic rings. The second-order valence-electron chi connectivity index (χ2n) is 20.4. The largest absolute Gasteiger partial charge is 0.486 e. The summed E-state index contributed by atoms with van der Waals surface area (Å²) in [6.45, 7) is -0.562. The van der Waals surface area contributed by atoms with Crippen LogP contribution >= 0.6 is 11.6 Å². The number of halogens is 1. The highest BCUT2D eigenvalue weighted by Crippen LogP contribution is 2.36. The molecule has 6 aliphatic heterocycles. The number of carboxylic acids is 2. The molecule has 0 aromatic heterocycles. The van der Waals surface area contributed by atoms with Crippen molar-refractivity contribution in [3.05, 3.63) is 71.3 Å². The topological polar surface area (TPSA) is 342 Å². The number of amides is 2. The van der Waals surface area contributed by atoms with Crippen LogP contribution in [0.25, 0.3) is 0 Å². The lowest BCUT2D eigenvalue weighted by molar-refractivity contribution is -0.165. The normalized spacial score (nSPS) is 26.8. The summed E-state index contributed by atoms with van der Waals surface area (Å²) in [5.74, 6) is -5.17. The van der Waals surface area contributed by atoms with Crippen molar-refractivity contribution in [1.82, 2.24) is 25.3 Å². The van der Waals surface area contributed by atoms with Crippen molar-refractivity contribution in [2.45, 2.75) is 184 Å². The summed E-state index contributed by atoms with van der Waals surface area (Å²) in [6.07, 6.45) is -57.5. The van der Waals surface area contributed by atoms with Gasteiger partial charge in [-0.15, -0.1) is 0 Å². The van der Waals surface area contributed by atoms with Gasteiger partial charge >= 0.3 is 11.9 Å². The van der Waals surface area contributed by atoms with Crippen LogP contribution in [0.5, 0.6) is 34.5 Å². The summed E-state index contributed by atoms with van der Waals surface area (Å²) in [4.78, 5) is 61.4. The first-order valence-corrected chi connectivity index (χ1v) is 29.4. The van der Waals surface area contributed by atoms with E-state index in [1.165, 1.54) is 43.3 Å². The number of aliphatic hydroxyl groups is 5. The van der Waals surface area contributed by atoms with Crippen LogP contribution < -0.4 is 44.8 Å². The van der Waals surface area contributed by atoms with Crippen molar-refractivity contribution in [3.8, 4) is 34.5 Å². The Kier molecular flexibility index (Phi) is 18.9. The summed E-state index contributed by atoms with van der Waals surface area (Å²) in [5, 5.41) is 69.7. The number of hydrogen-bond acceptors (Lipinski definition) is 20. The van der Waals surface area contributed by atoms with Gasteiger partial charge in [0.25, 0.3) is 0 Å². The standard InChI is InChI=1S/2C23H36N2O4.C15H22N2O3.C4H6O6.C2H3ClO/c2*1-2-3-4-5-6-9-22(26)24-19(17-25-12-7-8-13-25)23(27)18-10-11-20-21(16-18)29-15-14-28-20;16-12(10-17-5-1-2-6-17)15(18)11-3-4-13-14(9-11)20-8-7-19-13;5-1(3(7)8)2(6)4(9)10;1-2(3)4/h2*10-11,16,19,23,27H,2-9,12-15,17H2,1H3,(H,24,26);3-4,9,12,15,18H,1-2,5-8,10,16H2;1-2,5-6H,(H,7,8)(H,9,10);1H3/t2*19-,23-;12-,15-;1-,2-;/m1111./s1/i2*1D3,2D2,3D2,4D2,5D2,6D2,9D2,23D;15D;;. The molecule has 0 aliphatic carbocycles. The molecule has 8 atom stereocenters. The average molecular weight is 1350 g/mol. The number of carboxylic acid groups (broad SMARTS) is 2. The molecule has 0 bridgehead atoms. The van der Waals surface area contributed by atoms with E-state index in [4.69, 9.17) is 99.8 Å². The Bertz CT molecular complexity index is 3980. The van der Waals surface area contributed by atoms with Crippen LogP contribution in [0.1, 0.15) is 216 Å². The number of fused-ring (bicyclic) bond motifs is 3. The fraction of sp³-hybridized carbons (Fsp3) is 0.657. The third kappa shape index (κ3) is 27.5. The Hall–Kier alpha value is -6.06. The van der Waals surface area contributed by atoms with E-state index in [0.717, 1.165) is 51.6 Å². The van der Waals surface area contributed by atoms with E-state index in [-0.39, 0.29) is 67.4 Å². The zero-order valence-corrected chi connectivity index (χ0v) is 51.1. The monoisotopic (exact) mass is 1350 g/mol. The number of ether oxygens (including phenoxy) is 6. The second kappa shape index (κ2) is 42.3. The predicted molar refractivity (Wildman–Crippen MR) is 347 cm³/mol. The summed E-state index contributed by atoms with van der Waals surface area (Å²) in [5.41, 5.74) is 6.29. The van der Waals surface area contributed by atoms with E-state index in [1.54, 1.807) is 28.0 Å². The van der Waals surface area contributed by atoms with Gasteiger partial charge in [0.15, 0.2) is 46.7 Å². The number of hydrogen-bond donors (Lipinski definition) is 10. The quantitative estimate of drug-likeness (QED) is 0.0335. The van der Waals surface area contributed by atoms with Gasteiger partial charge in [-0.2, -0.15) is 0 Å². The van der Waals surface area contributed by atoms with Crippen molar-refractivity contribution in [3.63, 3.8) is 0 Å². The summed E-state index contributed by atoms with van der Waals surface area (Å²) in [6, 6.07) is 9.05. The molecule has 25 heteroatoms. The van der Waals surface area contributed by atoms with Gasteiger partial charge in [0.05, 0.1) is 22.3 Å². The zero-order chi connectivity index (χ0) is 96.1. The summed E-state index contributed by atoms with van der Waals surface area (Å²) < 4.78 is 297. The first-order chi connectivity index (χ1) is 56.6. The minimum Gasteiger partial charge on any atom is -0.486 e. The molecule has 2 amide bonds. The van der Waals surface area contributed by atoms with E-state index < -0.39 is 163 Å². The van der Waals surface area contributed by atoms with Crippen LogP contribution in [0, 0.1) is 0 Å². The fourth-order valence-electron chi connectivity index (χ4n) is 9.42. The molecule has 0 radical (unpaired) electrons. The van der Waals surface area contributed by atoms with Crippen molar-refractivity contribution < 1.29 is 133 Å². The number of benzene rings is 3. The van der Waals surface area contributed by atoms with Crippen LogP contribution in [-0.2, 0) is 24.0 Å². The zero-order valence-electron chi connectivity index (χ0n) is 83.4. The maximum Gasteiger partial charge on any atom is 0.335 e. The maximum absolute atomic E-state index is 13.5. The van der Waals surface area contributed by atoms with Crippen LogP contribution in [-0.4, -0.2) is 208 Å². The van der Waals surface area contributed by atoms with Crippen molar-refractivity contribution >= 4 is 40.6 Å². The number of nitrogens with two attached hydrogens (primary N) is 1. The number of rotatable bonds is 29. The molecule has 3 saturated heterocycles. The Morgan fingerprint density at radius 2 is 0.793 bits per heavy atom. The van der Waals surface area contributed by atoms with Crippen LogP contribution in [0.2, 0.25) is 0 Å². The van der Waals surface area contributed by atoms with E-state index in [1.807, 2.05) is 0 Å². The molecule has 9 rings (SSSR count). The highest BCUT2D eigenvalue weighted by molar-refractivity contribution is 6.62. The van der Waals surface area contributed by atoms with Crippen molar-refractivity contribution in [1.29, 1.82) is 0 Å². The third-order valence-corrected chi connectivity index (χ3v) is 13.7. The average Bonchev–Trinajstić information content (AvgIpc) is 1.61. The molecule has 0 spiro atoms. The molecule has 3 fully saturated rings. The Balaban J connectivity index is 0.000000322. The van der Waals surface area contributed by atoms with Gasteiger partial charge in [-0.05, 0) is 155 Å². The minimum absolute atomic E-state index is 0.119. The van der Waals surface area contributed by atoms with Gasteiger partial charge in [0.1, 0.15) is 51.8 Å². The van der Waals surface area contributed by atoms with Gasteiger partial charge in [0.2, 0.25) is 17.1 Å². The number of carbonyl (C=O) groups excluding carboxylic acids is 3. The molecule has 3 aromatic carbocycles. The van der Waals surface area contributed by atoms with Gasteiger partial charge in [-0.1, -0.05) is 82.9 Å². The lowest BCUT2D eigenvalue weighted by atomic mass is 10.0. The molecule has 0 saturated carbocycles. The molecular formula is C67H103ClN6O18. The number of aliphatic hydroxyl groups excluding tert-OH is 2. The van der Waals surface area contributed by atoms with Crippen molar-refractivity contribution in [2.75, 3.05) is 98.5 Å². The Labute approximate surface area is 593 Å². The number of likely N-dealkylation sites (tertiary alicyclic amines) is 3. The minimum atomic E-state index is -4.39. The maximum atomic E-state index is 13.5. The molecule has 6 aliphatic rings. The molecule has 6 heterocycles. The predicted octanol–water partition coefficient (Wildman–Crippen LogP) is 6.43. The Morgan fingerprint density at radius 3 is 1.11 bits per heavy atom. The van der Waals surface area contributed by atoms with E-state index in [9.17, 15) is 39.3 Å². The third-order valence-electron chi connectivity index (χ3n) is 13.7. The molecule has 0 unspecified atom stereocenters. The van der Waals surface area contributed by atoms with E-state index in [0.29, 0.717) is 74.5 Å². The molecule has 516 valence electrons. The van der Waals surface area contributed by atoms with Crippen LogP contribution in [0.4, 0.5) is 0 Å². The lowest BCUT2D eigenvalue weighted by Gasteiger charge is -2.29. The van der Waals surface area contributed by atoms with Crippen LogP contribution in [0.3, 0.4) is 0 Å². The van der Waals surface area contributed by atoms with Gasteiger partial charge < -0.3 is 95.2 Å². The van der Waals surface area contributed by atoms with E-state index >= 15 is 0 Å². The van der Waals surface area contributed by atoms with Gasteiger partial charge in [-0.3, -0.25) is 14.4 Å². The number of carbonyl (C=O) groups is 5. The SMILES string of the molecule is CC(=O)Cl.O=C(O)[C@H](O)[C@@H](O)C(=O)O.[2H]C([2H])([2H])C([2H])([2H])C([2H])([2H])C([2H])([2H])C([2H])([2H])C([2H])([2H])C([2H])([2H])C(=O)N[C@H](CN1CCCC1)[C@]([2H])(O)c1ccc2c(c1)OCCO2.[2H]C([2H])([2H])C([2H])([2H])C([2H])([2H])C([2H])([2H])C([2H])([2H])C([2H])([2H])C([2H])([2H])C(=O)N[C@H](CN1CCCC1)[C@]([2H])(O)c1ccc2c(c1)OCCO2.[2H][C@@](O)(c1ccc2c(c1)OCCO2)[C@H](N)CN1CCCC1. The smallest absolute Gasteiger partial charge is 0.335 e. The lowest BCUT2D eigenvalue weighted by Crippen LogP contribution is -2.46. The first kappa shape index (κ1) is 41.0. The van der Waals surface area contributed by atoms with Gasteiger partial charge in [-0.25, -0.2) is 9.59 Å². The fourth-order valence-corrected chi connectivity index (χ4v) is 9.42. The highest BCUT2D eigenvalue weighted by Gasteiger charge is 2.32. The number of nitrogens with zero attached hydrogens (tertiary/aromatic N) is 3. The Morgan fingerprint density at radius 1 is 0.500 bits per heavy atom. The second-order valence-corrected chi connectivity index (χ2v) is 21.0. The highest BCUT2D eigenvalue weighted by atomic mass is 35.5. The summed E-state index contributed by atoms with van der Waals surface area (Å²) in [7, 11) is 0. The molecule has 92 heavy (non-hydrogen) atoms. The van der Waals surface area contributed by atoms with Crippen LogP contribution in [0.15, 0.2) is 54.6 Å². The molecular weight excluding hydrogens is 1210 g/mol. The molecule has 11 N–H and O–H groups in total. The van der Waals surface area contributed by atoms with Gasteiger partial charge in [0, 0.05) is 86.5 Å². The number of nitrogens with one attached hydrogen (secondary N) is 2. The summed E-state index contributed by atoms with van der Waals surface area (Å²) >= 11 is 4.64. The van der Waals surface area contributed by atoms with E-state index in [2.05, 4.69) is 27.1 Å². The molecule has 24 nitrogen and oxygen atoms in total. The van der Waals surface area contributed by atoms with Crippen molar-refractivity contribution in [2.24, 2.45) is 5.73 Å². The first-order valence-electron chi connectivity index (χ1n) is 45.5. The number of aliphatic carboxylic acids is 2.